The molecule has 1 aliphatic heterocycles. The van der Waals surface area contributed by atoms with Crippen molar-refractivity contribution in [3.63, 3.8) is 0 Å². The number of carbonyl (C=O) groups is 1. The van der Waals surface area contributed by atoms with Crippen molar-refractivity contribution < 1.29 is 14.6 Å². The van der Waals surface area contributed by atoms with Gasteiger partial charge in [-0.05, 0) is 61.7 Å². The number of piperidine rings is 1. The van der Waals surface area contributed by atoms with Gasteiger partial charge in [0.05, 0.1) is 18.4 Å². The number of rotatable bonds is 6. The van der Waals surface area contributed by atoms with Crippen LogP contribution in [0.15, 0.2) is 61.2 Å². The molecule has 0 bridgehead atoms. The Morgan fingerprint density at radius 2 is 2.06 bits per heavy atom. The first-order valence-corrected chi connectivity index (χ1v) is 11.5. The van der Waals surface area contributed by atoms with Crippen molar-refractivity contribution >= 4 is 16.9 Å². The maximum Gasteiger partial charge on any atom is 0.335 e. The van der Waals surface area contributed by atoms with Gasteiger partial charge in [0.1, 0.15) is 5.75 Å². The van der Waals surface area contributed by atoms with E-state index in [0.717, 1.165) is 59.6 Å². The molecule has 4 aromatic rings. The molecular weight excluding hydrogens is 428 g/mol. The number of carboxylic acid groups (broad SMARTS) is 1. The number of carboxylic acids is 1. The zero-order valence-electron chi connectivity index (χ0n) is 19.4. The van der Waals surface area contributed by atoms with Crippen molar-refractivity contribution in [1.29, 1.82) is 0 Å². The summed E-state index contributed by atoms with van der Waals surface area (Å²) < 4.78 is 5.79. The highest BCUT2D eigenvalue weighted by atomic mass is 16.5. The molecule has 0 aliphatic carbocycles. The first-order valence-electron chi connectivity index (χ1n) is 11.5. The summed E-state index contributed by atoms with van der Waals surface area (Å²) in [6.45, 7) is 3.70. The molecule has 0 saturated carbocycles. The Kier molecular flexibility index (Phi) is 6.02. The molecular formula is C27H28N4O3. The molecule has 0 unspecified atom stereocenters. The number of aromatic carboxylic acids is 1. The highest BCUT2D eigenvalue weighted by Crippen LogP contribution is 2.41. The first kappa shape index (κ1) is 22.1. The van der Waals surface area contributed by atoms with Crippen molar-refractivity contribution in [2.75, 3.05) is 13.7 Å². The molecule has 3 heterocycles. The number of hydrogen-bond donors (Lipinski definition) is 2. The zero-order valence-corrected chi connectivity index (χ0v) is 19.4. The summed E-state index contributed by atoms with van der Waals surface area (Å²) in [5, 5.41) is 10.5. The molecule has 2 atom stereocenters. The van der Waals surface area contributed by atoms with Crippen LogP contribution >= 0.6 is 0 Å². The van der Waals surface area contributed by atoms with E-state index in [1.165, 1.54) is 5.39 Å². The van der Waals surface area contributed by atoms with Crippen molar-refractivity contribution in [1.82, 2.24) is 19.9 Å². The Balaban J connectivity index is 1.51. The highest BCUT2D eigenvalue weighted by molar-refractivity contribution is 5.88. The Bertz CT molecular complexity index is 1300. The number of nitrogens with one attached hydrogen (secondary N) is 1. The largest absolute Gasteiger partial charge is 0.496 e. The van der Waals surface area contributed by atoms with Crippen LogP contribution in [0.1, 0.15) is 57.5 Å². The highest BCUT2D eigenvalue weighted by Gasteiger charge is 2.32. The van der Waals surface area contributed by atoms with Crippen molar-refractivity contribution in [2.45, 2.75) is 38.3 Å². The molecule has 1 saturated heterocycles. The van der Waals surface area contributed by atoms with Gasteiger partial charge in [-0.25, -0.2) is 4.79 Å². The standard InChI is InChI=1S/C27H28N4O3/c1-17-13-25(34-2)22(21-7-9-30-26(17)21)16-31-12-8-20(23-15-28-10-11-29-23)14-24(31)18-3-5-19(6-4-18)27(32)33/h3-7,9-11,13,15,20,24,30H,8,12,14,16H2,1-2H3,(H,32,33)/t20-,24+/m1/s1. The average Bonchev–Trinajstić information content (AvgIpc) is 3.37. The average molecular weight is 457 g/mol. The number of aromatic nitrogens is 3. The lowest BCUT2D eigenvalue weighted by atomic mass is 9.84. The van der Waals surface area contributed by atoms with Crippen LogP contribution in [0.5, 0.6) is 5.75 Å². The summed E-state index contributed by atoms with van der Waals surface area (Å²) >= 11 is 0. The lowest BCUT2D eigenvalue weighted by molar-refractivity contribution is 0.0696. The Hall–Kier alpha value is -3.71. The van der Waals surface area contributed by atoms with E-state index in [-0.39, 0.29) is 6.04 Å². The maximum absolute atomic E-state index is 11.4. The van der Waals surface area contributed by atoms with E-state index in [1.807, 2.05) is 24.5 Å². The van der Waals surface area contributed by atoms with Crippen LogP contribution in [-0.2, 0) is 6.54 Å². The molecule has 2 N–H and O–H groups in total. The monoisotopic (exact) mass is 456 g/mol. The van der Waals surface area contributed by atoms with E-state index in [9.17, 15) is 9.90 Å². The van der Waals surface area contributed by atoms with E-state index >= 15 is 0 Å². The SMILES string of the molecule is COc1cc(C)c2[nH]ccc2c1CN1CC[C@@H](c2cnccn2)C[C@H]1c1ccc(C(=O)O)cc1. The predicted molar refractivity (Wildman–Crippen MR) is 130 cm³/mol. The molecule has 0 radical (unpaired) electrons. The molecule has 34 heavy (non-hydrogen) atoms. The van der Waals surface area contributed by atoms with Gasteiger partial charge in [0.25, 0.3) is 0 Å². The van der Waals surface area contributed by atoms with E-state index < -0.39 is 5.97 Å². The number of likely N-dealkylation sites (tertiary alicyclic amines) is 1. The Morgan fingerprint density at radius 3 is 2.76 bits per heavy atom. The minimum Gasteiger partial charge on any atom is -0.496 e. The van der Waals surface area contributed by atoms with Crippen LogP contribution in [-0.4, -0.2) is 44.6 Å². The second-order valence-electron chi connectivity index (χ2n) is 8.91. The number of hydrogen-bond acceptors (Lipinski definition) is 5. The van der Waals surface area contributed by atoms with Gasteiger partial charge in [0.2, 0.25) is 0 Å². The van der Waals surface area contributed by atoms with Gasteiger partial charge < -0.3 is 14.8 Å². The fraction of sp³-hybridized carbons (Fsp3) is 0.296. The molecule has 2 aromatic heterocycles. The van der Waals surface area contributed by atoms with Crippen LogP contribution in [0.2, 0.25) is 0 Å². The van der Waals surface area contributed by atoms with E-state index in [4.69, 9.17) is 4.74 Å². The smallest absolute Gasteiger partial charge is 0.335 e. The number of ether oxygens (including phenoxy) is 1. The second-order valence-corrected chi connectivity index (χ2v) is 8.91. The predicted octanol–water partition coefficient (Wildman–Crippen LogP) is 5.09. The van der Waals surface area contributed by atoms with Gasteiger partial charge in [0, 0.05) is 59.8 Å². The summed E-state index contributed by atoms with van der Waals surface area (Å²) in [4.78, 5) is 26.1. The topological polar surface area (TPSA) is 91.3 Å². The fourth-order valence-corrected chi connectivity index (χ4v) is 5.17. The van der Waals surface area contributed by atoms with Crippen molar-refractivity contribution in [2.24, 2.45) is 0 Å². The third kappa shape index (κ3) is 4.15. The number of aromatic amines is 1. The van der Waals surface area contributed by atoms with Gasteiger partial charge in [-0.3, -0.25) is 14.9 Å². The number of methoxy groups -OCH3 is 1. The minimum absolute atomic E-state index is 0.114. The van der Waals surface area contributed by atoms with Crippen LogP contribution in [0.3, 0.4) is 0 Å². The van der Waals surface area contributed by atoms with E-state index in [2.05, 4.69) is 38.9 Å². The number of benzene rings is 2. The normalized spacial score (nSPS) is 18.8. The molecule has 0 spiro atoms. The lowest BCUT2D eigenvalue weighted by Gasteiger charge is -2.40. The minimum atomic E-state index is -0.913. The van der Waals surface area contributed by atoms with E-state index in [1.54, 1.807) is 31.6 Å². The van der Waals surface area contributed by atoms with Crippen LogP contribution in [0, 0.1) is 6.92 Å². The van der Waals surface area contributed by atoms with Gasteiger partial charge in [-0.1, -0.05) is 12.1 Å². The van der Waals surface area contributed by atoms with E-state index in [0.29, 0.717) is 11.5 Å². The molecule has 1 fully saturated rings. The Labute approximate surface area is 198 Å². The summed E-state index contributed by atoms with van der Waals surface area (Å²) in [6.07, 6.45) is 9.15. The second kappa shape index (κ2) is 9.27. The number of H-pyrrole nitrogens is 1. The third-order valence-corrected chi connectivity index (χ3v) is 6.95. The molecule has 0 amide bonds. The molecule has 1 aliphatic rings. The van der Waals surface area contributed by atoms with Crippen LogP contribution < -0.4 is 4.74 Å². The number of nitrogens with zero attached hydrogens (tertiary/aromatic N) is 3. The fourth-order valence-electron chi connectivity index (χ4n) is 5.17. The Morgan fingerprint density at radius 1 is 1.24 bits per heavy atom. The van der Waals surface area contributed by atoms with Gasteiger partial charge in [-0.2, -0.15) is 0 Å². The summed E-state index contributed by atoms with van der Waals surface area (Å²) in [7, 11) is 1.72. The third-order valence-electron chi connectivity index (χ3n) is 6.95. The summed E-state index contributed by atoms with van der Waals surface area (Å²) in [5.41, 5.74) is 5.86. The first-order chi connectivity index (χ1) is 16.5. The van der Waals surface area contributed by atoms with Crippen molar-refractivity contribution in [3.8, 4) is 5.75 Å². The summed E-state index contributed by atoms with van der Waals surface area (Å²) in [6, 6.07) is 11.6. The summed E-state index contributed by atoms with van der Waals surface area (Å²) in [5.74, 6) is 0.269. The number of fused-ring (bicyclic) bond motifs is 1. The molecule has 5 rings (SSSR count). The molecule has 174 valence electrons. The molecule has 7 heteroatoms. The van der Waals surface area contributed by atoms with Crippen LogP contribution in [0.4, 0.5) is 0 Å². The van der Waals surface area contributed by atoms with Crippen LogP contribution in [0.25, 0.3) is 10.9 Å². The van der Waals surface area contributed by atoms with Gasteiger partial charge in [-0.15, -0.1) is 0 Å². The zero-order chi connectivity index (χ0) is 23.7. The quantitative estimate of drug-likeness (QED) is 0.420. The van der Waals surface area contributed by atoms with Gasteiger partial charge in [0.15, 0.2) is 0 Å². The maximum atomic E-state index is 11.4. The van der Waals surface area contributed by atoms with Gasteiger partial charge >= 0.3 is 5.97 Å². The lowest BCUT2D eigenvalue weighted by Crippen LogP contribution is -2.36. The molecule has 2 aromatic carbocycles. The molecule has 7 nitrogen and oxygen atoms in total. The van der Waals surface area contributed by atoms with Crippen molar-refractivity contribution in [3.05, 3.63) is 89.1 Å². The number of aryl methyl sites for hydroxylation is 1.